The Hall–Kier alpha value is -1.18. The van der Waals surface area contributed by atoms with Gasteiger partial charge in [-0.25, -0.2) is 4.39 Å². The molecule has 0 amide bonds. The van der Waals surface area contributed by atoms with Crippen molar-refractivity contribution in [2.45, 2.75) is 32.6 Å². The van der Waals surface area contributed by atoms with Gasteiger partial charge < -0.3 is 0 Å². The molecule has 76 valence electrons. The third-order valence-electron chi connectivity index (χ3n) is 2.29. The Balaban J connectivity index is 3.03. The van der Waals surface area contributed by atoms with Gasteiger partial charge in [-0.2, -0.15) is 0 Å². The first-order valence-corrected chi connectivity index (χ1v) is 4.68. The molecule has 2 heteroatoms. The van der Waals surface area contributed by atoms with Crippen LogP contribution in [0.15, 0.2) is 24.3 Å². The smallest absolute Gasteiger partial charge is 0.130 e. The van der Waals surface area contributed by atoms with Gasteiger partial charge in [0.05, 0.1) is 0 Å². The van der Waals surface area contributed by atoms with Crippen LogP contribution in [-0.4, -0.2) is 5.78 Å². The van der Waals surface area contributed by atoms with Gasteiger partial charge in [0, 0.05) is 6.42 Å². The molecule has 0 saturated carbocycles. The van der Waals surface area contributed by atoms with Crippen LogP contribution in [0.4, 0.5) is 4.39 Å². The SMILES string of the molecule is CC(=O)CC(C)(C)c1ccccc1F. The van der Waals surface area contributed by atoms with E-state index in [1.54, 1.807) is 18.2 Å². The van der Waals surface area contributed by atoms with E-state index >= 15 is 0 Å². The Labute approximate surface area is 83.9 Å². The van der Waals surface area contributed by atoms with Crippen molar-refractivity contribution in [2.24, 2.45) is 0 Å². The first-order chi connectivity index (χ1) is 6.43. The maximum absolute atomic E-state index is 13.4. The maximum Gasteiger partial charge on any atom is 0.130 e. The van der Waals surface area contributed by atoms with E-state index in [2.05, 4.69) is 0 Å². The van der Waals surface area contributed by atoms with Crippen LogP contribution in [0.2, 0.25) is 0 Å². The van der Waals surface area contributed by atoms with Gasteiger partial charge >= 0.3 is 0 Å². The van der Waals surface area contributed by atoms with Gasteiger partial charge in [-0.15, -0.1) is 0 Å². The molecule has 14 heavy (non-hydrogen) atoms. The first-order valence-electron chi connectivity index (χ1n) is 4.68. The average Bonchev–Trinajstić information content (AvgIpc) is 2.02. The minimum absolute atomic E-state index is 0.0817. The fourth-order valence-corrected chi connectivity index (χ4v) is 1.73. The highest BCUT2D eigenvalue weighted by Crippen LogP contribution is 2.29. The molecule has 0 fully saturated rings. The molecule has 0 bridgehead atoms. The largest absolute Gasteiger partial charge is 0.300 e. The molecule has 1 aromatic carbocycles. The van der Waals surface area contributed by atoms with Gasteiger partial charge in [0.2, 0.25) is 0 Å². The number of benzene rings is 1. The van der Waals surface area contributed by atoms with Crippen molar-refractivity contribution in [3.8, 4) is 0 Å². The van der Waals surface area contributed by atoms with Crippen molar-refractivity contribution in [2.75, 3.05) is 0 Å². The topological polar surface area (TPSA) is 17.1 Å². The van der Waals surface area contributed by atoms with Crippen molar-refractivity contribution in [1.82, 2.24) is 0 Å². The second-order valence-corrected chi connectivity index (χ2v) is 4.24. The third-order valence-corrected chi connectivity index (χ3v) is 2.29. The van der Waals surface area contributed by atoms with Gasteiger partial charge in [0.1, 0.15) is 11.6 Å². The second-order valence-electron chi connectivity index (χ2n) is 4.24. The van der Waals surface area contributed by atoms with E-state index in [1.807, 2.05) is 13.8 Å². The van der Waals surface area contributed by atoms with Crippen LogP contribution < -0.4 is 0 Å². The van der Waals surface area contributed by atoms with E-state index in [1.165, 1.54) is 13.0 Å². The highest BCUT2D eigenvalue weighted by molar-refractivity contribution is 5.77. The molecule has 1 nitrogen and oxygen atoms in total. The summed E-state index contributed by atoms with van der Waals surface area (Å²) in [5.41, 5.74) is 0.187. The van der Waals surface area contributed by atoms with Crippen molar-refractivity contribution in [3.05, 3.63) is 35.6 Å². The molecule has 1 aromatic rings. The standard InChI is InChI=1S/C12H15FO/c1-9(14)8-12(2,3)10-6-4-5-7-11(10)13/h4-7H,8H2,1-3H3. The molecule has 0 saturated heterocycles. The fraction of sp³-hybridized carbons (Fsp3) is 0.417. The average molecular weight is 194 g/mol. The molecule has 0 aliphatic carbocycles. The Morgan fingerprint density at radius 1 is 1.36 bits per heavy atom. The summed E-state index contributed by atoms with van der Waals surface area (Å²) in [5.74, 6) is -0.156. The normalized spacial score (nSPS) is 11.4. The van der Waals surface area contributed by atoms with E-state index < -0.39 is 5.41 Å². The molecule has 0 heterocycles. The summed E-state index contributed by atoms with van der Waals surface area (Å²) >= 11 is 0. The molecular formula is C12H15FO. The van der Waals surface area contributed by atoms with Crippen LogP contribution in [0.3, 0.4) is 0 Å². The minimum Gasteiger partial charge on any atom is -0.300 e. The number of ketones is 1. The summed E-state index contributed by atoms with van der Waals surface area (Å²) in [4.78, 5) is 11.0. The van der Waals surface area contributed by atoms with Crippen LogP contribution in [-0.2, 0) is 10.2 Å². The van der Waals surface area contributed by atoms with E-state index in [-0.39, 0.29) is 11.6 Å². The Kier molecular flexibility index (Phi) is 3.04. The summed E-state index contributed by atoms with van der Waals surface area (Å²) < 4.78 is 13.4. The molecule has 0 aliphatic heterocycles. The zero-order chi connectivity index (χ0) is 10.8. The van der Waals surface area contributed by atoms with Crippen LogP contribution in [0.5, 0.6) is 0 Å². The van der Waals surface area contributed by atoms with Crippen molar-refractivity contribution in [1.29, 1.82) is 0 Å². The summed E-state index contributed by atoms with van der Waals surface area (Å²) in [7, 11) is 0. The lowest BCUT2D eigenvalue weighted by atomic mass is 9.80. The van der Waals surface area contributed by atoms with E-state index in [4.69, 9.17) is 0 Å². The summed E-state index contributed by atoms with van der Waals surface area (Å²) in [6, 6.07) is 6.61. The molecule has 0 aromatic heterocycles. The molecule has 0 spiro atoms. The first kappa shape index (κ1) is 10.9. The van der Waals surface area contributed by atoms with Crippen molar-refractivity contribution < 1.29 is 9.18 Å². The van der Waals surface area contributed by atoms with E-state index in [0.717, 1.165) is 0 Å². The minimum atomic E-state index is -0.419. The van der Waals surface area contributed by atoms with Gasteiger partial charge in [-0.1, -0.05) is 32.0 Å². The molecule has 0 aliphatic rings. The highest BCUT2D eigenvalue weighted by Gasteiger charge is 2.25. The molecule has 1 rings (SSSR count). The number of rotatable bonds is 3. The highest BCUT2D eigenvalue weighted by atomic mass is 19.1. The summed E-state index contributed by atoms with van der Waals surface area (Å²) in [5, 5.41) is 0. The van der Waals surface area contributed by atoms with Crippen molar-refractivity contribution >= 4 is 5.78 Å². The second kappa shape index (κ2) is 3.91. The van der Waals surface area contributed by atoms with Crippen molar-refractivity contribution in [3.63, 3.8) is 0 Å². The lowest BCUT2D eigenvalue weighted by molar-refractivity contribution is -0.118. The molecule has 0 atom stereocenters. The Morgan fingerprint density at radius 3 is 2.43 bits per heavy atom. The van der Waals surface area contributed by atoms with Gasteiger partial charge in [0.15, 0.2) is 0 Å². The zero-order valence-corrected chi connectivity index (χ0v) is 8.80. The molecule has 0 radical (unpaired) electrons. The predicted molar refractivity (Wildman–Crippen MR) is 54.7 cm³/mol. The molecule has 0 unspecified atom stereocenters. The monoisotopic (exact) mass is 194 g/mol. The van der Waals surface area contributed by atoms with Gasteiger partial charge in [-0.05, 0) is 24.0 Å². The Morgan fingerprint density at radius 2 is 1.93 bits per heavy atom. The van der Waals surface area contributed by atoms with Gasteiger partial charge in [-0.3, -0.25) is 4.79 Å². The van der Waals surface area contributed by atoms with Crippen LogP contribution >= 0.6 is 0 Å². The van der Waals surface area contributed by atoms with Crippen LogP contribution in [0, 0.1) is 5.82 Å². The number of carbonyl (C=O) groups is 1. The number of halogens is 1. The maximum atomic E-state index is 13.4. The number of hydrogen-bond acceptors (Lipinski definition) is 1. The van der Waals surface area contributed by atoms with Gasteiger partial charge in [0.25, 0.3) is 0 Å². The molecular weight excluding hydrogens is 179 g/mol. The predicted octanol–water partition coefficient (Wildman–Crippen LogP) is 3.08. The lowest BCUT2D eigenvalue weighted by Crippen LogP contribution is -2.22. The summed E-state index contributed by atoms with van der Waals surface area (Å²) in [6.07, 6.45) is 0.369. The third kappa shape index (κ3) is 2.41. The fourth-order valence-electron chi connectivity index (χ4n) is 1.73. The Bertz CT molecular complexity index is 342. The molecule has 0 N–H and O–H groups in total. The number of hydrogen-bond donors (Lipinski definition) is 0. The number of Topliss-reactive ketones (excluding diaryl/α,β-unsaturated/α-hetero) is 1. The summed E-state index contributed by atoms with van der Waals surface area (Å²) in [6.45, 7) is 5.29. The zero-order valence-electron chi connectivity index (χ0n) is 8.80. The quantitative estimate of drug-likeness (QED) is 0.722. The van der Waals surface area contributed by atoms with E-state index in [0.29, 0.717) is 12.0 Å². The van der Waals surface area contributed by atoms with Crippen LogP contribution in [0.1, 0.15) is 32.8 Å². The number of carbonyl (C=O) groups excluding carboxylic acids is 1. The van der Waals surface area contributed by atoms with E-state index in [9.17, 15) is 9.18 Å². The van der Waals surface area contributed by atoms with Crippen LogP contribution in [0.25, 0.3) is 0 Å². The lowest BCUT2D eigenvalue weighted by Gasteiger charge is -2.24.